The maximum Gasteiger partial charge on any atom is 0.226 e. The zero-order valence-electron chi connectivity index (χ0n) is 18.0. The van der Waals surface area contributed by atoms with E-state index >= 15 is 0 Å². The molecule has 170 valence electrons. The molecule has 5 nitrogen and oxygen atoms in total. The van der Waals surface area contributed by atoms with Gasteiger partial charge < -0.3 is 10.3 Å². The molecule has 0 radical (unpaired) electrons. The van der Waals surface area contributed by atoms with Crippen LogP contribution < -0.4 is 5.32 Å². The number of halogens is 3. The van der Waals surface area contributed by atoms with Crippen molar-refractivity contribution in [2.75, 3.05) is 6.54 Å². The maximum absolute atomic E-state index is 14.5. The van der Waals surface area contributed by atoms with Crippen LogP contribution in [0.25, 0.3) is 22.2 Å². The molecular weight excluding hydrogens is 429 g/mol. The van der Waals surface area contributed by atoms with Gasteiger partial charge >= 0.3 is 0 Å². The van der Waals surface area contributed by atoms with Gasteiger partial charge in [-0.15, -0.1) is 0 Å². The molecule has 1 fully saturated rings. The predicted octanol–water partition coefficient (Wildman–Crippen LogP) is 4.84. The predicted molar refractivity (Wildman–Crippen MR) is 119 cm³/mol. The summed E-state index contributed by atoms with van der Waals surface area (Å²) in [6.45, 7) is 0.541. The smallest absolute Gasteiger partial charge is 0.226 e. The second-order valence-electron chi connectivity index (χ2n) is 8.73. The summed E-state index contributed by atoms with van der Waals surface area (Å²) in [6.07, 6.45) is 3.59. The molecule has 0 spiro atoms. The zero-order valence-corrected chi connectivity index (χ0v) is 18.0. The summed E-state index contributed by atoms with van der Waals surface area (Å²) in [6, 6.07) is 9.98. The molecule has 0 saturated heterocycles. The molecule has 0 unspecified atom stereocenters. The van der Waals surface area contributed by atoms with Gasteiger partial charge in [0.1, 0.15) is 17.5 Å². The Labute approximate surface area is 188 Å². The Balaban J connectivity index is 1.33. The highest BCUT2D eigenvalue weighted by Crippen LogP contribution is 2.48. The molecule has 0 bridgehead atoms. The Morgan fingerprint density at radius 2 is 1.88 bits per heavy atom. The standard InChI is InChI=1S/C25H23F3N4O/c1-32-7-6-19(31-32)12-22(33)29-13-14-8-16(9-14)23-20-10-18(27)11-21(28)25(20)30-24(23)15-2-4-17(26)5-3-15/h2-7,10-11,14,16,30H,8-9,12-13H2,1H3,(H,29,33)/t14-,16+. The first-order chi connectivity index (χ1) is 15.9. The number of carbonyl (C=O) groups is 1. The summed E-state index contributed by atoms with van der Waals surface area (Å²) in [7, 11) is 1.80. The summed E-state index contributed by atoms with van der Waals surface area (Å²) in [4.78, 5) is 15.3. The van der Waals surface area contributed by atoms with Crippen LogP contribution in [0.3, 0.4) is 0 Å². The highest BCUT2D eigenvalue weighted by atomic mass is 19.1. The van der Waals surface area contributed by atoms with Crippen LogP contribution in [0, 0.1) is 23.4 Å². The summed E-state index contributed by atoms with van der Waals surface area (Å²) >= 11 is 0. The van der Waals surface area contributed by atoms with E-state index in [4.69, 9.17) is 0 Å². The summed E-state index contributed by atoms with van der Waals surface area (Å²) in [5, 5.41) is 7.68. The third kappa shape index (κ3) is 4.25. The molecular formula is C25H23F3N4O. The Bertz CT molecular complexity index is 1320. The van der Waals surface area contributed by atoms with Gasteiger partial charge in [-0.1, -0.05) is 0 Å². The van der Waals surface area contributed by atoms with Crippen molar-refractivity contribution < 1.29 is 18.0 Å². The number of hydrogen-bond acceptors (Lipinski definition) is 2. The molecule has 2 N–H and O–H groups in total. The lowest BCUT2D eigenvalue weighted by molar-refractivity contribution is -0.120. The van der Waals surface area contributed by atoms with Crippen LogP contribution in [0.5, 0.6) is 0 Å². The average Bonchev–Trinajstić information content (AvgIpc) is 3.31. The van der Waals surface area contributed by atoms with Crippen molar-refractivity contribution in [3.8, 4) is 11.3 Å². The van der Waals surface area contributed by atoms with Gasteiger partial charge in [0, 0.05) is 31.2 Å². The molecule has 2 aromatic carbocycles. The van der Waals surface area contributed by atoms with Gasteiger partial charge in [-0.2, -0.15) is 5.10 Å². The van der Waals surface area contributed by atoms with Gasteiger partial charge in [-0.05, 0) is 72.2 Å². The minimum atomic E-state index is -0.655. The number of H-pyrrole nitrogens is 1. The van der Waals surface area contributed by atoms with Gasteiger partial charge in [-0.25, -0.2) is 13.2 Å². The van der Waals surface area contributed by atoms with E-state index < -0.39 is 11.6 Å². The topological polar surface area (TPSA) is 62.7 Å². The van der Waals surface area contributed by atoms with E-state index in [1.807, 2.05) is 6.07 Å². The highest BCUT2D eigenvalue weighted by Gasteiger charge is 2.34. The van der Waals surface area contributed by atoms with Gasteiger partial charge in [0.25, 0.3) is 0 Å². The first-order valence-corrected chi connectivity index (χ1v) is 10.9. The maximum atomic E-state index is 14.5. The lowest BCUT2D eigenvalue weighted by Crippen LogP contribution is -2.36. The molecule has 0 aliphatic heterocycles. The lowest BCUT2D eigenvalue weighted by Gasteiger charge is -2.36. The third-order valence-corrected chi connectivity index (χ3v) is 6.34. The second kappa shape index (κ2) is 8.42. The number of amides is 1. The van der Waals surface area contributed by atoms with Crippen LogP contribution in [0.1, 0.15) is 30.0 Å². The third-order valence-electron chi connectivity index (χ3n) is 6.34. The van der Waals surface area contributed by atoms with Crippen LogP contribution in [-0.4, -0.2) is 27.2 Å². The van der Waals surface area contributed by atoms with Crippen LogP contribution in [0.2, 0.25) is 0 Å². The number of hydrogen-bond donors (Lipinski definition) is 2. The monoisotopic (exact) mass is 452 g/mol. The fraction of sp³-hybridized carbons (Fsp3) is 0.280. The molecule has 4 aromatic rings. The molecule has 0 atom stereocenters. The number of rotatable bonds is 6. The van der Waals surface area contributed by atoms with E-state index in [1.54, 1.807) is 30.1 Å². The first-order valence-electron chi connectivity index (χ1n) is 10.9. The van der Waals surface area contributed by atoms with Crippen molar-refractivity contribution in [1.82, 2.24) is 20.1 Å². The van der Waals surface area contributed by atoms with E-state index in [1.165, 1.54) is 18.2 Å². The van der Waals surface area contributed by atoms with E-state index in [0.29, 0.717) is 23.3 Å². The summed E-state index contributed by atoms with van der Waals surface area (Å²) in [5.41, 5.74) is 3.20. The minimum Gasteiger partial charge on any atom is -0.355 e. The molecule has 1 aliphatic carbocycles. The van der Waals surface area contributed by atoms with Gasteiger partial charge in [0.15, 0.2) is 0 Å². The SMILES string of the molecule is Cn1ccc(CC(=O)NC[C@H]2C[C@@H](c3c(-c4ccc(F)cc4)[nH]c4c(F)cc(F)cc43)C2)n1. The first kappa shape index (κ1) is 21.3. The van der Waals surface area contributed by atoms with Crippen LogP contribution in [0.4, 0.5) is 13.2 Å². The van der Waals surface area contributed by atoms with Gasteiger partial charge in [0.2, 0.25) is 5.91 Å². The Hall–Kier alpha value is -3.55. The van der Waals surface area contributed by atoms with Gasteiger partial charge in [-0.3, -0.25) is 9.48 Å². The van der Waals surface area contributed by atoms with Gasteiger partial charge in [0.05, 0.1) is 23.3 Å². The molecule has 1 saturated carbocycles. The fourth-order valence-corrected chi connectivity index (χ4v) is 4.69. The molecule has 2 heterocycles. The minimum absolute atomic E-state index is 0.0812. The number of aromatic nitrogens is 3. The quantitative estimate of drug-likeness (QED) is 0.440. The Kier molecular flexibility index (Phi) is 5.44. The van der Waals surface area contributed by atoms with E-state index in [-0.39, 0.29) is 35.5 Å². The molecule has 1 amide bonds. The van der Waals surface area contributed by atoms with Crippen molar-refractivity contribution in [3.05, 3.63) is 77.4 Å². The fourth-order valence-electron chi connectivity index (χ4n) is 4.69. The summed E-state index contributed by atoms with van der Waals surface area (Å²) in [5.74, 6) is -1.38. The number of aromatic amines is 1. The number of benzene rings is 2. The van der Waals surface area contributed by atoms with Crippen molar-refractivity contribution >= 4 is 16.8 Å². The van der Waals surface area contributed by atoms with Crippen molar-refractivity contribution in [1.29, 1.82) is 0 Å². The van der Waals surface area contributed by atoms with Crippen LogP contribution in [0.15, 0.2) is 48.7 Å². The lowest BCUT2D eigenvalue weighted by atomic mass is 9.70. The number of aryl methyl sites for hydroxylation is 1. The Morgan fingerprint density at radius 3 is 2.58 bits per heavy atom. The number of carbonyl (C=O) groups excluding carboxylic acids is 1. The molecule has 33 heavy (non-hydrogen) atoms. The largest absolute Gasteiger partial charge is 0.355 e. The molecule has 8 heteroatoms. The van der Waals surface area contributed by atoms with Crippen LogP contribution in [-0.2, 0) is 18.3 Å². The second-order valence-corrected chi connectivity index (χ2v) is 8.73. The van der Waals surface area contributed by atoms with Crippen molar-refractivity contribution in [2.45, 2.75) is 25.2 Å². The molecule has 2 aromatic heterocycles. The van der Waals surface area contributed by atoms with E-state index in [9.17, 15) is 18.0 Å². The number of fused-ring (bicyclic) bond motifs is 1. The van der Waals surface area contributed by atoms with Crippen LogP contribution >= 0.6 is 0 Å². The zero-order chi connectivity index (χ0) is 23.1. The van der Waals surface area contributed by atoms with E-state index in [2.05, 4.69) is 15.4 Å². The summed E-state index contributed by atoms with van der Waals surface area (Å²) < 4.78 is 43.6. The normalized spacial score (nSPS) is 17.8. The van der Waals surface area contributed by atoms with Crippen molar-refractivity contribution in [3.63, 3.8) is 0 Å². The van der Waals surface area contributed by atoms with Crippen molar-refractivity contribution in [2.24, 2.45) is 13.0 Å². The number of nitrogens with zero attached hydrogens (tertiary/aromatic N) is 2. The number of nitrogens with one attached hydrogen (secondary N) is 2. The molecule has 5 rings (SSSR count). The van der Waals surface area contributed by atoms with E-state index in [0.717, 1.165) is 30.0 Å². The highest BCUT2D eigenvalue weighted by molar-refractivity contribution is 5.92. The Morgan fingerprint density at radius 1 is 1.12 bits per heavy atom. The average molecular weight is 452 g/mol. The molecule has 1 aliphatic rings.